The second-order valence-electron chi connectivity index (χ2n) is 6.55. The maximum Gasteiger partial charge on any atom is 0.252 e. The Kier molecular flexibility index (Phi) is 5.99. The molecule has 0 spiro atoms. The predicted molar refractivity (Wildman–Crippen MR) is 118 cm³/mol. The number of aryl methyl sites for hydroxylation is 1. The number of carbonyl (C=O) groups is 1. The summed E-state index contributed by atoms with van der Waals surface area (Å²) in [5, 5.41) is 3.78. The van der Waals surface area contributed by atoms with Gasteiger partial charge in [0.15, 0.2) is 0 Å². The molecule has 0 unspecified atom stereocenters. The number of amides is 1. The monoisotopic (exact) mass is 429 g/mol. The second kappa shape index (κ2) is 8.64. The average Bonchev–Trinajstić information content (AvgIpc) is 3.39. The minimum absolute atomic E-state index is 0.124. The molecule has 1 aliphatic heterocycles. The summed E-state index contributed by atoms with van der Waals surface area (Å²) >= 11 is 9.95. The molecule has 1 amide bonds. The summed E-state index contributed by atoms with van der Waals surface area (Å²) in [5.41, 5.74) is 2.84. The maximum absolute atomic E-state index is 12.9. The number of halogens is 1. The van der Waals surface area contributed by atoms with Crippen molar-refractivity contribution in [2.24, 2.45) is 7.05 Å². The van der Waals surface area contributed by atoms with Gasteiger partial charge < -0.3 is 9.88 Å². The van der Waals surface area contributed by atoms with Crippen LogP contribution in [0, 0.1) is 0 Å². The Bertz CT molecular complexity index is 951. The van der Waals surface area contributed by atoms with Crippen molar-refractivity contribution in [1.82, 2.24) is 14.9 Å². The first-order valence-corrected chi connectivity index (χ1v) is 11.5. The van der Waals surface area contributed by atoms with Gasteiger partial charge >= 0.3 is 0 Å². The lowest BCUT2D eigenvalue weighted by molar-refractivity contribution is 0.0941. The van der Waals surface area contributed by atoms with Crippen molar-refractivity contribution in [3.63, 3.8) is 0 Å². The summed E-state index contributed by atoms with van der Waals surface area (Å²) in [7, 11) is 1.92. The van der Waals surface area contributed by atoms with Crippen molar-refractivity contribution in [1.29, 1.82) is 0 Å². The zero-order chi connectivity index (χ0) is 19.5. The summed E-state index contributed by atoms with van der Waals surface area (Å²) in [4.78, 5) is 17.4. The van der Waals surface area contributed by atoms with E-state index in [1.165, 1.54) is 17.1 Å². The fraction of sp³-hybridized carbons (Fsp3) is 0.238. The molecule has 2 aromatic carbocycles. The highest BCUT2D eigenvalue weighted by Gasteiger charge is 2.22. The van der Waals surface area contributed by atoms with Crippen molar-refractivity contribution < 1.29 is 4.79 Å². The molecule has 7 heteroatoms. The van der Waals surface area contributed by atoms with Crippen LogP contribution in [0.25, 0.3) is 0 Å². The summed E-state index contributed by atoms with van der Waals surface area (Å²) in [6.45, 7) is 0. The van der Waals surface area contributed by atoms with Crippen LogP contribution in [0.2, 0.25) is 5.02 Å². The summed E-state index contributed by atoms with van der Waals surface area (Å²) in [5.74, 6) is 3.01. The fourth-order valence-corrected chi connectivity index (χ4v) is 6.15. The standard InChI is InChI=1S/C21H20ClN3OS2/c1-25-11-10-23-19(25)18(14-6-8-17(22)9-7-14)24-20(26)15-2-4-16(5-3-15)21-27-12-13-28-21/h2-11,18,21H,12-13H2,1H3,(H,24,26)/t18-/m1/s1. The van der Waals surface area contributed by atoms with E-state index in [-0.39, 0.29) is 11.9 Å². The Labute approximate surface area is 178 Å². The quantitative estimate of drug-likeness (QED) is 0.615. The lowest BCUT2D eigenvalue weighted by Crippen LogP contribution is -2.31. The Balaban J connectivity index is 1.57. The first kappa shape index (κ1) is 19.4. The predicted octanol–water partition coefficient (Wildman–Crippen LogP) is 5.07. The molecule has 0 bridgehead atoms. The van der Waals surface area contributed by atoms with Crippen LogP contribution in [0.4, 0.5) is 0 Å². The molecule has 28 heavy (non-hydrogen) atoms. The van der Waals surface area contributed by atoms with Crippen LogP contribution in [-0.4, -0.2) is 27.0 Å². The topological polar surface area (TPSA) is 46.9 Å². The highest BCUT2D eigenvalue weighted by atomic mass is 35.5. The second-order valence-corrected chi connectivity index (χ2v) is 9.71. The van der Waals surface area contributed by atoms with Gasteiger partial charge in [-0.3, -0.25) is 4.79 Å². The number of carbonyl (C=O) groups excluding carboxylic acids is 1. The third-order valence-electron chi connectivity index (χ3n) is 4.66. The molecule has 1 atom stereocenters. The number of hydrogen-bond acceptors (Lipinski definition) is 4. The van der Waals surface area contributed by atoms with Crippen LogP contribution in [0.1, 0.15) is 37.9 Å². The number of aromatic nitrogens is 2. The zero-order valence-electron chi connectivity index (χ0n) is 15.3. The highest BCUT2D eigenvalue weighted by Crippen LogP contribution is 2.45. The van der Waals surface area contributed by atoms with E-state index in [0.717, 1.165) is 11.4 Å². The van der Waals surface area contributed by atoms with Crippen LogP contribution >= 0.6 is 35.1 Å². The van der Waals surface area contributed by atoms with Crippen molar-refractivity contribution in [2.45, 2.75) is 10.6 Å². The van der Waals surface area contributed by atoms with Crippen LogP contribution < -0.4 is 5.32 Å². The third kappa shape index (κ3) is 4.24. The van der Waals surface area contributed by atoms with E-state index in [2.05, 4.69) is 22.4 Å². The van der Waals surface area contributed by atoms with Gasteiger partial charge in [-0.15, -0.1) is 23.5 Å². The number of thioether (sulfide) groups is 2. The van der Waals surface area contributed by atoms with Crippen LogP contribution in [0.15, 0.2) is 60.9 Å². The number of nitrogens with zero attached hydrogens (tertiary/aromatic N) is 2. The minimum atomic E-state index is -0.356. The molecule has 1 saturated heterocycles. The van der Waals surface area contributed by atoms with E-state index in [1.807, 2.05) is 77.7 Å². The van der Waals surface area contributed by atoms with E-state index < -0.39 is 0 Å². The SMILES string of the molecule is Cn1ccnc1[C@H](NC(=O)c1ccc(C2SCCS2)cc1)c1ccc(Cl)cc1. The molecule has 0 aliphatic carbocycles. The molecular formula is C21H20ClN3OS2. The first-order valence-electron chi connectivity index (χ1n) is 8.98. The van der Waals surface area contributed by atoms with Gasteiger partial charge in [-0.1, -0.05) is 35.9 Å². The smallest absolute Gasteiger partial charge is 0.252 e. The number of hydrogen-bond donors (Lipinski definition) is 1. The van der Waals surface area contributed by atoms with Crippen molar-refractivity contribution in [2.75, 3.05) is 11.5 Å². The van der Waals surface area contributed by atoms with Crippen molar-refractivity contribution in [3.05, 3.63) is 88.5 Å². The third-order valence-corrected chi connectivity index (χ3v) is 8.02. The van der Waals surface area contributed by atoms with Crippen molar-refractivity contribution >= 4 is 41.0 Å². The van der Waals surface area contributed by atoms with Gasteiger partial charge in [0.05, 0.1) is 4.58 Å². The normalized spacial score (nSPS) is 15.5. The number of imidazole rings is 1. The molecule has 144 valence electrons. The van der Waals surface area contributed by atoms with Gasteiger partial charge in [0.2, 0.25) is 0 Å². The largest absolute Gasteiger partial charge is 0.338 e. The van der Waals surface area contributed by atoms with Crippen LogP contribution in [0.3, 0.4) is 0 Å². The van der Waals surface area contributed by atoms with Gasteiger partial charge in [0, 0.05) is 41.5 Å². The molecule has 1 aromatic heterocycles. The maximum atomic E-state index is 12.9. The van der Waals surface area contributed by atoms with E-state index in [4.69, 9.17) is 11.6 Å². The van der Waals surface area contributed by atoms with E-state index in [1.54, 1.807) is 6.20 Å². The number of benzene rings is 2. The Morgan fingerprint density at radius 2 is 1.82 bits per heavy atom. The molecule has 1 fully saturated rings. The number of nitrogens with one attached hydrogen (secondary N) is 1. The molecule has 3 aromatic rings. The highest BCUT2D eigenvalue weighted by molar-refractivity contribution is 8.19. The van der Waals surface area contributed by atoms with Crippen molar-refractivity contribution in [3.8, 4) is 0 Å². The lowest BCUT2D eigenvalue weighted by Gasteiger charge is -2.19. The fourth-order valence-electron chi connectivity index (χ4n) is 3.16. The molecule has 1 N–H and O–H groups in total. The Morgan fingerprint density at radius 3 is 2.43 bits per heavy atom. The van der Waals surface area contributed by atoms with E-state index in [0.29, 0.717) is 15.2 Å². The van der Waals surface area contributed by atoms with E-state index >= 15 is 0 Å². The van der Waals surface area contributed by atoms with E-state index in [9.17, 15) is 4.79 Å². The first-order chi connectivity index (χ1) is 13.6. The van der Waals surface area contributed by atoms with Crippen LogP contribution in [0.5, 0.6) is 0 Å². The van der Waals surface area contributed by atoms with Gasteiger partial charge in [-0.05, 0) is 35.4 Å². The van der Waals surface area contributed by atoms with Gasteiger partial charge in [0.1, 0.15) is 11.9 Å². The lowest BCUT2D eigenvalue weighted by atomic mass is 10.0. The number of rotatable bonds is 5. The summed E-state index contributed by atoms with van der Waals surface area (Å²) in [6, 6.07) is 15.1. The summed E-state index contributed by atoms with van der Waals surface area (Å²) < 4.78 is 2.39. The molecule has 4 rings (SSSR count). The van der Waals surface area contributed by atoms with Crippen LogP contribution in [-0.2, 0) is 7.05 Å². The summed E-state index contributed by atoms with van der Waals surface area (Å²) in [6.07, 6.45) is 3.60. The zero-order valence-corrected chi connectivity index (χ0v) is 17.7. The van der Waals surface area contributed by atoms with Gasteiger partial charge in [-0.2, -0.15) is 0 Å². The van der Waals surface area contributed by atoms with Gasteiger partial charge in [-0.25, -0.2) is 4.98 Å². The molecule has 1 aliphatic rings. The Hall–Kier alpha value is -1.89. The average molecular weight is 430 g/mol. The Morgan fingerprint density at radius 1 is 1.14 bits per heavy atom. The van der Waals surface area contributed by atoms with Gasteiger partial charge in [0.25, 0.3) is 5.91 Å². The molecule has 0 saturated carbocycles. The molecule has 4 nitrogen and oxygen atoms in total. The molecule has 2 heterocycles. The minimum Gasteiger partial charge on any atom is -0.338 e. The molecular weight excluding hydrogens is 410 g/mol. The molecule has 0 radical (unpaired) electrons.